The Bertz CT molecular complexity index is 2750. The molecule has 0 bridgehead atoms. The summed E-state index contributed by atoms with van der Waals surface area (Å²) >= 11 is 0. The summed E-state index contributed by atoms with van der Waals surface area (Å²) in [6.45, 7) is 0. The predicted molar refractivity (Wildman–Crippen MR) is 195 cm³/mol. The highest BCUT2D eigenvalue weighted by Gasteiger charge is 2.18. The Morgan fingerprint density at radius 1 is 0.417 bits per heavy atom. The van der Waals surface area contributed by atoms with E-state index in [2.05, 4.69) is 143 Å². The third-order valence-corrected chi connectivity index (χ3v) is 9.37. The number of nitrogens with zero attached hydrogens (tertiary/aromatic N) is 4. The van der Waals surface area contributed by atoms with Gasteiger partial charge < -0.3 is 9.13 Å². The van der Waals surface area contributed by atoms with E-state index in [4.69, 9.17) is 0 Å². The van der Waals surface area contributed by atoms with Gasteiger partial charge in [-0.25, -0.2) is 0 Å². The van der Waals surface area contributed by atoms with Crippen LogP contribution in [0.15, 0.2) is 158 Å². The number of hydrogen-bond donors (Lipinski definition) is 0. The molecule has 48 heavy (non-hydrogen) atoms. The minimum absolute atomic E-state index is 0.559. The number of hydrogen-bond acceptors (Lipinski definition) is 2. The van der Waals surface area contributed by atoms with Crippen molar-refractivity contribution in [2.24, 2.45) is 0 Å². The number of rotatable bonds is 4. The first-order valence-electron chi connectivity index (χ1n) is 15.9. The zero-order valence-electron chi connectivity index (χ0n) is 25.8. The van der Waals surface area contributed by atoms with Crippen LogP contribution in [0.2, 0.25) is 0 Å². The minimum Gasteiger partial charge on any atom is -0.309 e. The van der Waals surface area contributed by atoms with Crippen LogP contribution in [0.3, 0.4) is 0 Å². The van der Waals surface area contributed by atoms with Crippen molar-refractivity contribution < 1.29 is 0 Å². The smallest absolute Gasteiger partial charge is 0.101 e. The summed E-state index contributed by atoms with van der Waals surface area (Å²) in [4.78, 5) is 0. The van der Waals surface area contributed by atoms with E-state index in [1.165, 1.54) is 21.8 Å². The summed E-state index contributed by atoms with van der Waals surface area (Å²) < 4.78 is 4.47. The molecular formula is C44H26N4. The SMILES string of the molecule is N#Cc1cc(-c2ccc(-c3ccccc3-n3c4ccccc4c4ccccc43)cc2)cc(-n2c3ccccc3c3cccc(C#N)c32)c1. The van der Waals surface area contributed by atoms with E-state index < -0.39 is 0 Å². The second-order valence-electron chi connectivity index (χ2n) is 12.0. The van der Waals surface area contributed by atoms with Crippen molar-refractivity contribution in [1.82, 2.24) is 9.13 Å². The first-order chi connectivity index (χ1) is 23.7. The van der Waals surface area contributed by atoms with Crippen LogP contribution in [0.25, 0.3) is 77.2 Å². The molecule has 9 rings (SSSR count). The van der Waals surface area contributed by atoms with E-state index in [0.717, 1.165) is 55.4 Å². The summed E-state index contributed by atoms with van der Waals surface area (Å²) in [5.41, 5.74) is 11.5. The third-order valence-electron chi connectivity index (χ3n) is 9.37. The molecular weight excluding hydrogens is 585 g/mol. The fraction of sp³-hybridized carbons (Fsp3) is 0. The lowest BCUT2D eigenvalue weighted by atomic mass is 9.97. The lowest BCUT2D eigenvalue weighted by Gasteiger charge is -2.15. The molecule has 4 heteroatoms. The summed E-state index contributed by atoms with van der Waals surface area (Å²) in [6, 6.07) is 59.0. The van der Waals surface area contributed by atoms with Crippen molar-refractivity contribution in [3.05, 3.63) is 169 Å². The first kappa shape index (κ1) is 27.4. The second kappa shape index (κ2) is 10.9. The highest BCUT2D eigenvalue weighted by atomic mass is 15.0. The molecule has 7 aromatic carbocycles. The Balaban J connectivity index is 1.19. The minimum atomic E-state index is 0.559. The predicted octanol–water partition coefficient (Wildman–Crippen LogP) is 11.0. The van der Waals surface area contributed by atoms with Gasteiger partial charge in [0.25, 0.3) is 0 Å². The fourth-order valence-corrected chi connectivity index (χ4v) is 7.29. The molecule has 0 aliphatic heterocycles. The molecule has 0 fully saturated rings. The largest absolute Gasteiger partial charge is 0.309 e. The van der Waals surface area contributed by atoms with Crippen molar-refractivity contribution in [1.29, 1.82) is 10.5 Å². The van der Waals surface area contributed by atoms with Gasteiger partial charge in [0.1, 0.15) is 6.07 Å². The molecule has 0 unspecified atom stereocenters. The van der Waals surface area contributed by atoms with Crippen LogP contribution in [0.4, 0.5) is 0 Å². The average molecular weight is 611 g/mol. The second-order valence-corrected chi connectivity index (χ2v) is 12.0. The Morgan fingerprint density at radius 2 is 0.979 bits per heavy atom. The molecule has 0 spiro atoms. The molecule has 0 saturated carbocycles. The van der Waals surface area contributed by atoms with Gasteiger partial charge in [-0.2, -0.15) is 10.5 Å². The van der Waals surface area contributed by atoms with E-state index in [0.29, 0.717) is 11.1 Å². The van der Waals surface area contributed by atoms with Gasteiger partial charge in [-0.05, 0) is 65.2 Å². The van der Waals surface area contributed by atoms with Crippen LogP contribution >= 0.6 is 0 Å². The maximum Gasteiger partial charge on any atom is 0.101 e. The van der Waals surface area contributed by atoms with Gasteiger partial charge in [0.2, 0.25) is 0 Å². The maximum absolute atomic E-state index is 10.1. The number of aromatic nitrogens is 2. The van der Waals surface area contributed by atoms with Gasteiger partial charge in [-0.1, -0.05) is 109 Å². The quantitative estimate of drug-likeness (QED) is 0.199. The highest BCUT2D eigenvalue weighted by Crippen LogP contribution is 2.38. The van der Waals surface area contributed by atoms with Crippen LogP contribution in [0.1, 0.15) is 11.1 Å². The molecule has 222 valence electrons. The standard InChI is InChI=1S/C44H26N4/c45-27-29-24-33(26-34(25-29)47-41-17-6-4-14-38(41)39-15-9-10-32(28-46)44(39)47)30-20-22-31(23-21-30)35-11-1-5-16-40(35)48-42-18-7-2-12-36(42)37-13-3-8-19-43(37)48/h1-26H. The summed E-state index contributed by atoms with van der Waals surface area (Å²) in [5.74, 6) is 0. The molecule has 2 aromatic heterocycles. The van der Waals surface area contributed by atoms with Gasteiger partial charge in [0, 0.05) is 32.8 Å². The van der Waals surface area contributed by atoms with Gasteiger partial charge in [0.05, 0.1) is 45.0 Å². The monoisotopic (exact) mass is 610 g/mol. The van der Waals surface area contributed by atoms with Gasteiger partial charge >= 0.3 is 0 Å². The Labute approximate surface area is 277 Å². The van der Waals surface area contributed by atoms with E-state index in [-0.39, 0.29) is 0 Å². The zero-order valence-corrected chi connectivity index (χ0v) is 25.8. The highest BCUT2D eigenvalue weighted by molar-refractivity contribution is 6.11. The molecule has 2 heterocycles. The van der Waals surface area contributed by atoms with Gasteiger partial charge in [0.15, 0.2) is 0 Å². The molecule has 9 aromatic rings. The lowest BCUT2D eigenvalue weighted by Crippen LogP contribution is -1.98. The van der Waals surface area contributed by atoms with Crippen molar-refractivity contribution in [2.45, 2.75) is 0 Å². The van der Waals surface area contributed by atoms with E-state index in [1.807, 2.05) is 36.4 Å². The molecule has 0 aliphatic rings. The molecule has 0 radical (unpaired) electrons. The fourth-order valence-electron chi connectivity index (χ4n) is 7.29. The van der Waals surface area contributed by atoms with Crippen molar-refractivity contribution in [2.75, 3.05) is 0 Å². The molecule has 0 N–H and O–H groups in total. The number of fused-ring (bicyclic) bond motifs is 6. The molecule has 0 atom stereocenters. The third kappa shape index (κ3) is 4.14. The summed E-state index contributed by atoms with van der Waals surface area (Å²) in [7, 11) is 0. The molecule has 0 amide bonds. The number of nitriles is 2. The molecule has 0 aliphatic carbocycles. The molecule has 4 nitrogen and oxygen atoms in total. The number of benzene rings is 7. The van der Waals surface area contributed by atoms with E-state index >= 15 is 0 Å². The average Bonchev–Trinajstić information content (AvgIpc) is 3.68. The van der Waals surface area contributed by atoms with Crippen LogP contribution < -0.4 is 0 Å². The van der Waals surface area contributed by atoms with Gasteiger partial charge in [-0.3, -0.25) is 0 Å². The normalized spacial score (nSPS) is 11.3. The van der Waals surface area contributed by atoms with E-state index in [1.54, 1.807) is 0 Å². The zero-order chi connectivity index (χ0) is 32.2. The Kier molecular flexibility index (Phi) is 6.22. The van der Waals surface area contributed by atoms with Crippen LogP contribution in [0, 0.1) is 22.7 Å². The topological polar surface area (TPSA) is 57.4 Å². The van der Waals surface area contributed by atoms with Gasteiger partial charge in [-0.15, -0.1) is 0 Å². The first-order valence-corrected chi connectivity index (χ1v) is 15.9. The van der Waals surface area contributed by atoms with Crippen LogP contribution in [-0.4, -0.2) is 9.13 Å². The van der Waals surface area contributed by atoms with E-state index in [9.17, 15) is 10.5 Å². The summed E-state index contributed by atoms with van der Waals surface area (Å²) in [5, 5.41) is 24.7. The Morgan fingerprint density at radius 3 is 1.65 bits per heavy atom. The molecule has 0 saturated heterocycles. The lowest BCUT2D eigenvalue weighted by molar-refractivity contribution is 1.17. The van der Waals surface area contributed by atoms with Crippen molar-refractivity contribution >= 4 is 43.6 Å². The summed E-state index contributed by atoms with van der Waals surface area (Å²) in [6.07, 6.45) is 0. The van der Waals surface area contributed by atoms with Crippen LogP contribution in [-0.2, 0) is 0 Å². The maximum atomic E-state index is 10.1. The van der Waals surface area contributed by atoms with Crippen LogP contribution in [0.5, 0.6) is 0 Å². The number of para-hydroxylation sites is 5. The Hall–Kier alpha value is -6.88. The van der Waals surface area contributed by atoms with Crippen molar-refractivity contribution in [3.63, 3.8) is 0 Å². The van der Waals surface area contributed by atoms with Crippen molar-refractivity contribution in [3.8, 4) is 45.8 Å².